The number of fused-ring (bicyclic) bond motifs is 2. The largest absolute Gasteiger partial charge is 0.481 e. The van der Waals surface area contributed by atoms with Crippen LogP contribution in [0.4, 0.5) is 23.1 Å². The number of carboxylic acid groups (broad SMARTS) is 1. The molecule has 2 aromatic carbocycles. The number of carboxylic acids is 1. The summed E-state index contributed by atoms with van der Waals surface area (Å²) in [5.74, 6) is -0.460. The van der Waals surface area contributed by atoms with Crippen molar-refractivity contribution in [1.82, 2.24) is 35.6 Å². The molecular weight excluding hydrogens is 428 g/mol. The number of hydrogen-bond donors (Lipinski definition) is 6. The number of aromatic nitrogens is 7. The molecule has 0 aliphatic carbocycles. The Morgan fingerprint density at radius 1 is 1.00 bits per heavy atom. The molecule has 7 N–H and O–H groups in total. The molecule has 0 saturated carbocycles. The van der Waals surface area contributed by atoms with Crippen molar-refractivity contribution in [3.8, 4) is 0 Å². The molecule has 0 aliphatic heterocycles. The van der Waals surface area contributed by atoms with Crippen molar-refractivity contribution in [2.45, 2.75) is 6.92 Å². The van der Waals surface area contributed by atoms with Crippen molar-refractivity contribution in [1.29, 1.82) is 0 Å². The van der Waals surface area contributed by atoms with Gasteiger partial charge in [0.2, 0.25) is 5.95 Å². The lowest BCUT2D eigenvalue weighted by atomic mass is 10.1. The standard InChI is InChI=1S/C18H14N10O.C2H4O2/c19-18-20-6-5-15(23-18)21-9-1-3-12-11(7-9)16(27-24-12)17(29)22-10-2-4-13-14(8-10)26-28-25-13;1-2(3)4/h1-8H,(H,22,29)(H,24,27)(H,25,26,28)(H3,19,20,21,23);1H3,(H,3,4). The lowest BCUT2D eigenvalue weighted by Crippen LogP contribution is -2.12. The van der Waals surface area contributed by atoms with Gasteiger partial charge >= 0.3 is 0 Å². The van der Waals surface area contributed by atoms with E-state index in [1.54, 1.807) is 30.5 Å². The molecule has 13 nitrogen and oxygen atoms in total. The van der Waals surface area contributed by atoms with Gasteiger partial charge in [-0.05, 0) is 42.5 Å². The zero-order valence-corrected chi connectivity index (χ0v) is 17.2. The number of H-pyrrole nitrogens is 2. The number of nitrogen functional groups attached to an aromatic ring is 1. The van der Waals surface area contributed by atoms with E-state index < -0.39 is 5.97 Å². The molecular formula is C20H18N10O3. The third-order valence-electron chi connectivity index (χ3n) is 4.30. The molecule has 1 amide bonds. The molecule has 0 radical (unpaired) electrons. The molecule has 0 atom stereocenters. The highest BCUT2D eigenvalue weighted by molar-refractivity contribution is 6.11. The lowest BCUT2D eigenvalue weighted by molar-refractivity contribution is -0.134. The Morgan fingerprint density at radius 3 is 2.55 bits per heavy atom. The van der Waals surface area contributed by atoms with Crippen molar-refractivity contribution in [2.75, 3.05) is 16.4 Å². The molecule has 5 rings (SSSR count). The summed E-state index contributed by atoms with van der Waals surface area (Å²) in [6, 6.07) is 12.4. The Kier molecular flexibility index (Phi) is 5.75. The highest BCUT2D eigenvalue weighted by Gasteiger charge is 2.15. The summed E-state index contributed by atoms with van der Waals surface area (Å²) in [6.07, 6.45) is 1.56. The number of carbonyl (C=O) groups excluding carboxylic acids is 1. The average molecular weight is 446 g/mol. The minimum Gasteiger partial charge on any atom is -0.481 e. The molecule has 13 heteroatoms. The van der Waals surface area contributed by atoms with Crippen LogP contribution in [0.15, 0.2) is 48.7 Å². The number of nitrogens with zero attached hydrogens (tertiary/aromatic N) is 5. The topological polar surface area (TPSA) is 200 Å². The maximum absolute atomic E-state index is 12.8. The van der Waals surface area contributed by atoms with E-state index in [-0.39, 0.29) is 17.5 Å². The SMILES string of the molecule is CC(=O)O.Nc1nccc(Nc2ccc3[nH]nc(C(=O)Nc4ccc5n[nH]nc5c4)c3c2)n1. The monoisotopic (exact) mass is 446 g/mol. The lowest BCUT2D eigenvalue weighted by Gasteiger charge is -2.06. The van der Waals surface area contributed by atoms with Crippen LogP contribution in [0.25, 0.3) is 21.9 Å². The average Bonchev–Trinajstić information content (AvgIpc) is 3.39. The Labute approximate surface area is 185 Å². The van der Waals surface area contributed by atoms with Gasteiger partial charge in [0.1, 0.15) is 16.9 Å². The van der Waals surface area contributed by atoms with E-state index in [0.29, 0.717) is 27.9 Å². The van der Waals surface area contributed by atoms with Crippen LogP contribution in [0.1, 0.15) is 17.4 Å². The molecule has 3 aromatic heterocycles. The van der Waals surface area contributed by atoms with Crippen LogP contribution in [0.5, 0.6) is 0 Å². The van der Waals surface area contributed by atoms with Crippen LogP contribution in [0.3, 0.4) is 0 Å². The second kappa shape index (κ2) is 8.97. The summed E-state index contributed by atoms with van der Waals surface area (Å²) in [6.45, 7) is 1.08. The van der Waals surface area contributed by atoms with E-state index in [0.717, 1.165) is 18.1 Å². The van der Waals surface area contributed by atoms with Gasteiger partial charge in [-0.25, -0.2) is 4.98 Å². The number of hydrogen-bond acceptors (Lipinski definition) is 9. The Morgan fingerprint density at radius 2 is 1.76 bits per heavy atom. The Bertz CT molecular complexity index is 1460. The van der Waals surface area contributed by atoms with E-state index in [1.807, 2.05) is 18.2 Å². The fourth-order valence-electron chi connectivity index (χ4n) is 2.96. The van der Waals surface area contributed by atoms with Gasteiger partial charge in [-0.1, -0.05) is 0 Å². The van der Waals surface area contributed by atoms with Crippen LogP contribution < -0.4 is 16.4 Å². The maximum Gasteiger partial charge on any atom is 0.300 e. The molecule has 0 saturated heterocycles. The number of carbonyl (C=O) groups is 2. The number of amides is 1. The van der Waals surface area contributed by atoms with E-state index in [4.69, 9.17) is 15.6 Å². The minimum absolute atomic E-state index is 0.170. The van der Waals surface area contributed by atoms with Gasteiger partial charge in [-0.15, -0.1) is 0 Å². The van der Waals surface area contributed by atoms with Crippen molar-refractivity contribution >= 4 is 57.0 Å². The van der Waals surface area contributed by atoms with Gasteiger partial charge in [-0.3, -0.25) is 14.7 Å². The molecule has 0 bridgehead atoms. The van der Waals surface area contributed by atoms with Gasteiger partial charge < -0.3 is 21.5 Å². The number of aromatic amines is 2. The number of nitrogens with two attached hydrogens (primary N) is 1. The first-order valence-electron chi connectivity index (χ1n) is 9.54. The molecule has 0 spiro atoms. The first kappa shape index (κ1) is 21.2. The first-order valence-corrected chi connectivity index (χ1v) is 9.54. The number of rotatable bonds is 4. The predicted octanol–water partition coefficient (Wildman–Crippen LogP) is 2.29. The van der Waals surface area contributed by atoms with E-state index in [1.165, 1.54) is 0 Å². The summed E-state index contributed by atoms with van der Waals surface area (Å²) in [4.78, 5) is 29.8. The third kappa shape index (κ3) is 4.99. The van der Waals surface area contributed by atoms with Crippen LogP contribution in [0, 0.1) is 0 Å². The Hall–Kier alpha value is -5.07. The summed E-state index contributed by atoms with van der Waals surface area (Å²) >= 11 is 0. The maximum atomic E-state index is 12.8. The predicted molar refractivity (Wildman–Crippen MR) is 121 cm³/mol. The second-order valence-electron chi connectivity index (χ2n) is 6.76. The highest BCUT2D eigenvalue weighted by atomic mass is 16.4. The fourth-order valence-corrected chi connectivity index (χ4v) is 2.96. The number of aliphatic carboxylic acids is 1. The fraction of sp³-hybridized carbons (Fsp3) is 0.0500. The van der Waals surface area contributed by atoms with Crippen LogP contribution in [-0.4, -0.2) is 52.6 Å². The van der Waals surface area contributed by atoms with Crippen LogP contribution in [0.2, 0.25) is 0 Å². The van der Waals surface area contributed by atoms with E-state index in [9.17, 15) is 4.79 Å². The van der Waals surface area contributed by atoms with Gasteiger partial charge in [0.15, 0.2) is 5.69 Å². The Balaban J connectivity index is 0.000000601. The second-order valence-corrected chi connectivity index (χ2v) is 6.76. The molecule has 3 heterocycles. The van der Waals surface area contributed by atoms with E-state index >= 15 is 0 Å². The smallest absolute Gasteiger partial charge is 0.300 e. The zero-order valence-electron chi connectivity index (χ0n) is 17.2. The van der Waals surface area contributed by atoms with Gasteiger partial charge in [0, 0.05) is 29.9 Å². The number of anilines is 4. The highest BCUT2D eigenvalue weighted by Crippen LogP contribution is 2.24. The van der Waals surface area contributed by atoms with Gasteiger partial charge in [-0.2, -0.15) is 25.5 Å². The quantitative estimate of drug-likeness (QED) is 0.238. The molecule has 0 unspecified atom stereocenters. The molecule has 0 aliphatic rings. The van der Waals surface area contributed by atoms with Crippen molar-refractivity contribution in [2.24, 2.45) is 0 Å². The van der Waals surface area contributed by atoms with Crippen molar-refractivity contribution in [3.63, 3.8) is 0 Å². The zero-order chi connectivity index (χ0) is 23.4. The summed E-state index contributed by atoms with van der Waals surface area (Å²) < 4.78 is 0. The minimum atomic E-state index is -0.833. The number of benzene rings is 2. The van der Waals surface area contributed by atoms with Crippen LogP contribution in [-0.2, 0) is 4.79 Å². The molecule has 166 valence electrons. The normalized spacial score (nSPS) is 10.5. The summed E-state index contributed by atoms with van der Waals surface area (Å²) in [5.41, 5.74) is 9.31. The van der Waals surface area contributed by atoms with Crippen molar-refractivity contribution < 1.29 is 14.7 Å². The summed E-state index contributed by atoms with van der Waals surface area (Å²) in [7, 11) is 0. The van der Waals surface area contributed by atoms with E-state index in [2.05, 4.69) is 46.2 Å². The van der Waals surface area contributed by atoms with Gasteiger partial charge in [0.05, 0.1) is 5.52 Å². The number of nitrogens with one attached hydrogen (secondary N) is 4. The van der Waals surface area contributed by atoms with Crippen LogP contribution >= 0.6 is 0 Å². The summed E-state index contributed by atoms with van der Waals surface area (Å²) in [5, 5.41) is 31.6. The third-order valence-corrected chi connectivity index (χ3v) is 4.30. The molecule has 0 fully saturated rings. The van der Waals surface area contributed by atoms with Gasteiger partial charge in [0.25, 0.3) is 11.9 Å². The molecule has 33 heavy (non-hydrogen) atoms. The molecule has 5 aromatic rings. The van der Waals surface area contributed by atoms with Crippen molar-refractivity contribution in [3.05, 3.63) is 54.4 Å². The first-order chi connectivity index (χ1) is 15.9.